The molecule has 29 heavy (non-hydrogen) atoms. The van der Waals surface area contributed by atoms with E-state index in [9.17, 15) is 23.1 Å². The van der Waals surface area contributed by atoms with Crippen LogP contribution in [0.1, 0.15) is 51.4 Å². The third-order valence-electron chi connectivity index (χ3n) is 6.67. The van der Waals surface area contributed by atoms with Crippen LogP contribution < -0.4 is 4.90 Å². The molecule has 2 aliphatic carbocycles. The largest absolute Gasteiger partial charge is 0.512 e. The highest BCUT2D eigenvalue weighted by atomic mass is 32.2. The first kappa shape index (κ1) is 19.9. The second-order valence-electron chi connectivity index (χ2n) is 8.07. The van der Waals surface area contributed by atoms with E-state index in [0.717, 1.165) is 19.3 Å². The first-order chi connectivity index (χ1) is 13.8. The van der Waals surface area contributed by atoms with Gasteiger partial charge >= 0.3 is 5.97 Å². The van der Waals surface area contributed by atoms with Gasteiger partial charge in [-0.15, -0.1) is 0 Å². The van der Waals surface area contributed by atoms with Crippen molar-refractivity contribution in [1.29, 1.82) is 0 Å². The SMILES string of the molecule is COC(=O)C1=C(O)CCC2(C1)C(=O)N(c1ccccc1)C1(CCCCC1)S2(=O)=O. The van der Waals surface area contributed by atoms with E-state index in [0.29, 0.717) is 18.5 Å². The van der Waals surface area contributed by atoms with Crippen molar-refractivity contribution in [2.75, 3.05) is 12.0 Å². The van der Waals surface area contributed by atoms with Gasteiger partial charge in [0.25, 0.3) is 0 Å². The predicted molar refractivity (Wildman–Crippen MR) is 107 cm³/mol. The van der Waals surface area contributed by atoms with Crippen LogP contribution in [0, 0.1) is 0 Å². The zero-order valence-electron chi connectivity index (χ0n) is 16.4. The molecule has 156 valence electrons. The summed E-state index contributed by atoms with van der Waals surface area (Å²) in [4.78, 5) is 26.2. The quantitative estimate of drug-likeness (QED) is 0.740. The first-order valence-electron chi connectivity index (χ1n) is 9.94. The number of nitrogens with zero attached hydrogens (tertiary/aromatic N) is 1. The topological polar surface area (TPSA) is 101 Å². The van der Waals surface area contributed by atoms with Crippen LogP contribution in [-0.4, -0.2) is 42.1 Å². The van der Waals surface area contributed by atoms with Gasteiger partial charge in [0, 0.05) is 18.5 Å². The van der Waals surface area contributed by atoms with Gasteiger partial charge in [0.2, 0.25) is 5.91 Å². The van der Waals surface area contributed by atoms with E-state index in [1.54, 1.807) is 24.3 Å². The number of methoxy groups -OCH3 is 1. The number of aliphatic hydroxyl groups is 1. The van der Waals surface area contributed by atoms with Crippen molar-refractivity contribution in [2.45, 2.75) is 61.0 Å². The molecule has 1 amide bonds. The number of anilines is 1. The number of allylic oxidation sites excluding steroid dienone is 1. The molecule has 1 N–H and O–H groups in total. The molecule has 1 aliphatic heterocycles. The number of aliphatic hydroxyl groups excluding tert-OH is 1. The molecule has 0 radical (unpaired) electrons. The molecule has 1 aromatic rings. The van der Waals surface area contributed by atoms with Crippen LogP contribution in [0.15, 0.2) is 41.7 Å². The third-order valence-corrected chi connectivity index (χ3v) is 9.82. The Kier molecular flexibility index (Phi) is 4.72. The molecule has 0 aromatic heterocycles. The van der Waals surface area contributed by atoms with Gasteiger partial charge in [-0.1, -0.05) is 37.5 Å². The van der Waals surface area contributed by atoms with Crippen molar-refractivity contribution in [2.24, 2.45) is 0 Å². The minimum Gasteiger partial charge on any atom is -0.512 e. The molecule has 1 saturated carbocycles. The van der Waals surface area contributed by atoms with Crippen LogP contribution in [0.25, 0.3) is 0 Å². The number of rotatable bonds is 2. The Morgan fingerprint density at radius 1 is 1.10 bits per heavy atom. The molecule has 1 heterocycles. The van der Waals surface area contributed by atoms with Gasteiger partial charge in [-0.2, -0.15) is 0 Å². The highest BCUT2D eigenvalue weighted by Gasteiger charge is 2.72. The molecule has 4 rings (SSSR count). The Bertz CT molecular complexity index is 978. The maximum atomic E-state index is 14.1. The minimum absolute atomic E-state index is 0.0361. The number of ether oxygens (including phenoxy) is 1. The van der Waals surface area contributed by atoms with Crippen LogP contribution in [-0.2, 0) is 24.2 Å². The van der Waals surface area contributed by atoms with E-state index in [1.807, 2.05) is 6.07 Å². The summed E-state index contributed by atoms with van der Waals surface area (Å²) in [6.45, 7) is 0. The highest BCUT2D eigenvalue weighted by molar-refractivity contribution is 7.95. The van der Waals surface area contributed by atoms with E-state index in [1.165, 1.54) is 12.0 Å². The molecule has 3 aliphatic rings. The smallest absolute Gasteiger partial charge is 0.337 e. The number of sulfone groups is 1. The summed E-state index contributed by atoms with van der Waals surface area (Å²) in [5, 5.41) is 10.2. The van der Waals surface area contributed by atoms with Crippen molar-refractivity contribution in [3.63, 3.8) is 0 Å². The van der Waals surface area contributed by atoms with E-state index in [-0.39, 0.29) is 30.6 Å². The summed E-state index contributed by atoms with van der Waals surface area (Å²) >= 11 is 0. The number of esters is 1. The summed E-state index contributed by atoms with van der Waals surface area (Å²) in [5.41, 5.74) is 0.440. The van der Waals surface area contributed by atoms with E-state index in [2.05, 4.69) is 0 Å². The van der Waals surface area contributed by atoms with Crippen molar-refractivity contribution in [1.82, 2.24) is 0 Å². The van der Waals surface area contributed by atoms with Crippen LogP contribution in [0.4, 0.5) is 5.69 Å². The Balaban J connectivity index is 1.91. The summed E-state index contributed by atoms with van der Waals surface area (Å²) < 4.78 is 31.2. The molecule has 2 spiro atoms. The van der Waals surface area contributed by atoms with Crippen LogP contribution >= 0.6 is 0 Å². The summed E-state index contributed by atoms with van der Waals surface area (Å²) in [7, 11) is -2.82. The Hall–Kier alpha value is -2.35. The zero-order valence-corrected chi connectivity index (χ0v) is 17.2. The van der Waals surface area contributed by atoms with Gasteiger partial charge in [0.1, 0.15) is 5.76 Å². The fourth-order valence-corrected chi connectivity index (χ4v) is 8.19. The Labute approximate surface area is 170 Å². The Morgan fingerprint density at radius 3 is 2.38 bits per heavy atom. The van der Waals surface area contributed by atoms with Crippen molar-refractivity contribution in [3.05, 3.63) is 41.7 Å². The van der Waals surface area contributed by atoms with Crippen LogP contribution in [0.3, 0.4) is 0 Å². The first-order valence-corrected chi connectivity index (χ1v) is 11.4. The zero-order chi connectivity index (χ0) is 20.9. The van der Waals surface area contributed by atoms with Gasteiger partial charge < -0.3 is 9.84 Å². The normalized spacial score (nSPS) is 28.2. The van der Waals surface area contributed by atoms with Crippen molar-refractivity contribution < 1.29 is 27.9 Å². The fourth-order valence-electron chi connectivity index (χ4n) is 5.19. The number of amides is 1. The molecular formula is C21H25NO6S. The molecule has 7 nitrogen and oxygen atoms in total. The average molecular weight is 419 g/mol. The van der Waals surface area contributed by atoms with Gasteiger partial charge in [-0.25, -0.2) is 13.2 Å². The van der Waals surface area contributed by atoms with E-state index < -0.39 is 31.3 Å². The number of carbonyl (C=O) groups is 2. The number of para-hydroxylation sites is 1. The van der Waals surface area contributed by atoms with Crippen molar-refractivity contribution >= 4 is 27.4 Å². The number of hydrogen-bond donors (Lipinski definition) is 1. The number of benzene rings is 1. The van der Waals surface area contributed by atoms with E-state index in [4.69, 9.17) is 4.74 Å². The summed E-state index contributed by atoms with van der Waals surface area (Å²) in [6, 6.07) is 8.88. The maximum absolute atomic E-state index is 14.1. The second kappa shape index (κ2) is 6.86. The Morgan fingerprint density at radius 2 is 1.76 bits per heavy atom. The minimum atomic E-state index is -3.99. The average Bonchev–Trinajstić information content (AvgIpc) is 2.86. The highest BCUT2D eigenvalue weighted by Crippen LogP contribution is 2.56. The van der Waals surface area contributed by atoms with Crippen LogP contribution in [0.5, 0.6) is 0 Å². The van der Waals surface area contributed by atoms with Gasteiger partial charge in [0.15, 0.2) is 19.5 Å². The molecule has 1 aromatic carbocycles. The summed E-state index contributed by atoms with van der Waals surface area (Å²) in [5.74, 6) is -1.48. The lowest BCUT2D eigenvalue weighted by Gasteiger charge is -2.40. The van der Waals surface area contributed by atoms with Gasteiger partial charge in [-0.05, 0) is 31.4 Å². The standard InChI is InChI=1S/C21H25NO6S/c1-28-18(24)16-14-20(13-10-17(16)23)19(25)22(15-8-4-2-5-9-15)21(29(20,26)27)11-6-3-7-12-21/h2,4-5,8-9,23H,3,6-7,10-14H2,1H3. The lowest BCUT2D eigenvalue weighted by Crippen LogP contribution is -2.51. The molecular weight excluding hydrogens is 394 g/mol. The van der Waals surface area contributed by atoms with Crippen molar-refractivity contribution in [3.8, 4) is 0 Å². The molecule has 8 heteroatoms. The monoisotopic (exact) mass is 419 g/mol. The lowest BCUT2D eigenvalue weighted by molar-refractivity contribution is -0.136. The fraction of sp³-hybridized carbons (Fsp3) is 0.524. The van der Waals surface area contributed by atoms with Gasteiger partial charge in [-0.3, -0.25) is 9.69 Å². The maximum Gasteiger partial charge on any atom is 0.337 e. The van der Waals surface area contributed by atoms with Crippen LogP contribution in [0.2, 0.25) is 0 Å². The molecule has 1 atom stereocenters. The second-order valence-corrected chi connectivity index (χ2v) is 10.6. The molecule has 0 bridgehead atoms. The number of carbonyl (C=O) groups excluding carboxylic acids is 2. The predicted octanol–water partition coefficient (Wildman–Crippen LogP) is 3.02. The third kappa shape index (κ3) is 2.57. The summed E-state index contributed by atoms with van der Waals surface area (Å²) in [6.07, 6.45) is 2.68. The number of hydrogen-bond acceptors (Lipinski definition) is 6. The molecule has 1 unspecified atom stereocenters. The molecule has 2 fully saturated rings. The molecule has 1 saturated heterocycles. The van der Waals surface area contributed by atoms with Gasteiger partial charge in [0.05, 0.1) is 12.7 Å². The lowest BCUT2D eigenvalue weighted by atomic mass is 9.84. The van der Waals surface area contributed by atoms with E-state index >= 15 is 0 Å².